The maximum Gasteiger partial charge on any atom is 0.00982 e. The molecule has 0 aromatic heterocycles. The fourth-order valence-corrected chi connectivity index (χ4v) is 6.81. The normalized spacial score (nSPS) is 55.4. The van der Waals surface area contributed by atoms with Crippen molar-refractivity contribution in [1.82, 2.24) is 5.32 Å². The SMILES string of the molecule is CC1CCC(NC(C)C23CC4CC(CC(C4)C2)C3)C1C. The molecular weight excluding hydrogens is 242 g/mol. The zero-order chi connectivity index (χ0) is 13.9. The third-order valence-electron chi connectivity index (χ3n) is 7.93. The Kier molecular flexibility index (Phi) is 3.22. The molecule has 5 rings (SSSR count). The summed E-state index contributed by atoms with van der Waals surface area (Å²) in [5, 5.41) is 4.12. The van der Waals surface area contributed by atoms with Crippen LogP contribution < -0.4 is 5.32 Å². The van der Waals surface area contributed by atoms with Crippen LogP contribution in [0.15, 0.2) is 0 Å². The first-order chi connectivity index (χ1) is 9.56. The summed E-state index contributed by atoms with van der Waals surface area (Å²) in [5.41, 5.74) is 0.681. The van der Waals surface area contributed by atoms with Crippen molar-refractivity contribution < 1.29 is 0 Å². The van der Waals surface area contributed by atoms with Gasteiger partial charge < -0.3 is 5.32 Å². The second-order valence-electron chi connectivity index (χ2n) is 9.19. The average Bonchev–Trinajstić information content (AvgIpc) is 2.69. The van der Waals surface area contributed by atoms with Gasteiger partial charge in [-0.2, -0.15) is 0 Å². The summed E-state index contributed by atoms with van der Waals surface area (Å²) in [6, 6.07) is 1.56. The van der Waals surface area contributed by atoms with E-state index in [1.165, 1.54) is 12.8 Å². The average molecular weight is 275 g/mol. The maximum absolute atomic E-state index is 4.12. The molecule has 1 nitrogen and oxygen atoms in total. The van der Waals surface area contributed by atoms with Crippen molar-refractivity contribution in [2.45, 2.75) is 84.2 Å². The zero-order valence-corrected chi connectivity index (χ0v) is 13.7. The van der Waals surface area contributed by atoms with Crippen LogP contribution >= 0.6 is 0 Å². The largest absolute Gasteiger partial charge is 0.311 e. The summed E-state index contributed by atoms with van der Waals surface area (Å²) in [6.45, 7) is 7.45. The molecule has 5 saturated carbocycles. The molecule has 0 heterocycles. The summed E-state index contributed by atoms with van der Waals surface area (Å²) < 4.78 is 0. The van der Waals surface area contributed by atoms with Crippen LogP contribution in [0.25, 0.3) is 0 Å². The Bertz CT molecular complexity index is 339. The van der Waals surface area contributed by atoms with Crippen LogP contribution in [-0.4, -0.2) is 12.1 Å². The second-order valence-corrected chi connectivity index (χ2v) is 9.19. The van der Waals surface area contributed by atoms with Crippen LogP contribution in [0, 0.1) is 35.0 Å². The van der Waals surface area contributed by atoms with Crippen molar-refractivity contribution in [2.24, 2.45) is 35.0 Å². The summed E-state index contributed by atoms with van der Waals surface area (Å²) >= 11 is 0. The number of nitrogens with one attached hydrogen (secondary N) is 1. The quantitative estimate of drug-likeness (QED) is 0.793. The first-order valence-electron chi connectivity index (χ1n) is 9.32. The standard InChI is InChI=1S/C19H33N/c1-12-4-5-18(13(12)2)20-14(3)19-9-15-6-16(10-19)8-17(7-15)11-19/h12-18,20H,4-11H2,1-3H3. The maximum atomic E-state index is 4.12. The molecule has 0 aromatic rings. The smallest absolute Gasteiger partial charge is 0.00982 e. The van der Waals surface area contributed by atoms with Gasteiger partial charge in [-0.15, -0.1) is 0 Å². The minimum atomic E-state index is 0.681. The van der Waals surface area contributed by atoms with E-state index in [2.05, 4.69) is 26.1 Å². The van der Waals surface area contributed by atoms with Crippen molar-refractivity contribution in [2.75, 3.05) is 0 Å². The molecule has 0 saturated heterocycles. The van der Waals surface area contributed by atoms with Gasteiger partial charge in [0.15, 0.2) is 0 Å². The lowest BCUT2D eigenvalue weighted by molar-refractivity contribution is -0.0727. The molecule has 5 aliphatic rings. The molecule has 114 valence electrons. The Balaban J connectivity index is 1.47. The van der Waals surface area contributed by atoms with Gasteiger partial charge in [-0.05, 0) is 93.3 Å². The molecule has 4 bridgehead atoms. The molecular formula is C19H33N. The molecule has 4 unspecified atom stereocenters. The third-order valence-corrected chi connectivity index (χ3v) is 7.93. The molecule has 5 aliphatic carbocycles. The molecule has 1 N–H and O–H groups in total. The summed E-state index contributed by atoms with van der Waals surface area (Å²) in [4.78, 5) is 0. The lowest BCUT2D eigenvalue weighted by atomic mass is 9.48. The first-order valence-corrected chi connectivity index (χ1v) is 9.32. The van der Waals surface area contributed by atoms with Gasteiger partial charge in [-0.3, -0.25) is 0 Å². The topological polar surface area (TPSA) is 12.0 Å². The van der Waals surface area contributed by atoms with Gasteiger partial charge in [-0.1, -0.05) is 13.8 Å². The Hall–Kier alpha value is -0.0400. The van der Waals surface area contributed by atoms with E-state index < -0.39 is 0 Å². The fraction of sp³-hybridized carbons (Fsp3) is 1.00. The van der Waals surface area contributed by atoms with E-state index in [0.717, 1.165) is 41.7 Å². The number of hydrogen-bond donors (Lipinski definition) is 1. The Morgan fingerprint density at radius 1 is 0.900 bits per heavy atom. The van der Waals surface area contributed by atoms with Crippen molar-refractivity contribution in [3.8, 4) is 0 Å². The fourth-order valence-electron chi connectivity index (χ4n) is 6.81. The minimum absolute atomic E-state index is 0.681. The summed E-state index contributed by atoms with van der Waals surface area (Å²) in [7, 11) is 0. The van der Waals surface area contributed by atoms with E-state index in [0.29, 0.717) is 5.41 Å². The van der Waals surface area contributed by atoms with Crippen LogP contribution in [0.4, 0.5) is 0 Å². The molecule has 0 aliphatic heterocycles. The highest BCUT2D eigenvalue weighted by Gasteiger charge is 2.53. The van der Waals surface area contributed by atoms with Crippen molar-refractivity contribution in [3.63, 3.8) is 0 Å². The van der Waals surface area contributed by atoms with Gasteiger partial charge >= 0.3 is 0 Å². The Morgan fingerprint density at radius 3 is 1.90 bits per heavy atom. The first kappa shape index (κ1) is 13.6. The van der Waals surface area contributed by atoms with Crippen molar-refractivity contribution in [1.29, 1.82) is 0 Å². The van der Waals surface area contributed by atoms with Crippen LogP contribution in [-0.2, 0) is 0 Å². The highest BCUT2D eigenvalue weighted by Crippen LogP contribution is 2.61. The lowest BCUT2D eigenvalue weighted by Gasteiger charge is -2.59. The van der Waals surface area contributed by atoms with E-state index in [-0.39, 0.29) is 0 Å². The molecule has 4 atom stereocenters. The number of hydrogen-bond acceptors (Lipinski definition) is 1. The van der Waals surface area contributed by atoms with Crippen LogP contribution in [0.3, 0.4) is 0 Å². The molecule has 0 spiro atoms. The molecule has 5 fully saturated rings. The minimum Gasteiger partial charge on any atom is -0.311 e. The van der Waals surface area contributed by atoms with Gasteiger partial charge in [0.2, 0.25) is 0 Å². The molecule has 0 amide bonds. The van der Waals surface area contributed by atoms with Gasteiger partial charge in [-0.25, -0.2) is 0 Å². The highest BCUT2D eigenvalue weighted by atomic mass is 15.0. The summed E-state index contributed by atoms with van der Waals surface area (Å²) in [5.74, 6) is 5.07. The van der Waals surface area contributed by atoms with Crippen LogP contribution in [0.1, 0.15) is 72.1 Å². The van der Waals surface area contributed by atoms with E-state index in [4.69, 9.17) is 0 Å². The highest BCUT2D eigenvalue weighted by molar-refractivity contribution is 5.06. The van der Waals surface area contributed by atoms with Gasteiger partial charge in [0.05, 0.1) is 0 Å². The van der Waals surface area contributed by atoms with E-state index >= 15 is 0 Å². The third kappa shape index (κ3) is 2.07. The monoisotopic (exact) mass is 275 g/mol. The molecule has 1 heteroatoms. The second kappa shape index (κ2) is 4.73. The predicted molar refractivity (Wildman–Crippen MR) is 84.6 cm³/mol. The van der Waals surface area contributed by atoms with Crippen molar-refractivity contribution >= 4 is 0 Å². The van der Waals surface area contributed by atoms with Crippen molar-refractivity contribution in [3.05, 3.63) is 0 Å². The van der Waals surface area contributed by atoms with Gasteiger partial charge in [0.25, 0.3) is 0 Å². The van der Waals surface area contributed by atoms with Gasteiger partial charge in [0.1, 0.15) is 0 Å². The molecule has 0 radical (unpaired) electrons. The zero-order valence-electron chi connectivity index (χ0n) is 13.7. The predicted octanol–water partition coefficient (Wildman–Crippen LogP) is 4.62. The lowest BCUT2D eigenvalue weighted by Crippen LogP contribution is -2.56. The van der Waals surface area contributed by atoms with Crippen LogP contribution in [0.2, 0.25) is 0 Å². The van der Waals surface area contributed by atoms with Gasteiger partial charge in [0, 0.05) is 12.1 Å². The molecule has 20 heavy (non-hydrogen) atoms. The Morgan fingerprint density at radius 2 is 1.45 bits per heavy atom. The molecule has 0 aromatic carbocycles. The number of rotatable bonds is 3. The summed E-state index contributed by atoms with van der Waals surface area (Å²) in [6.07, 6.45) is 12.2. The van der Waals surface area contributed by atoms with Crippen LogP contribution in [0.5, 0.6) is 0 Å². The van der Waals surface area contributed by atoms with E-state index in [1.54, 1.807) is 38.5 Å². The Labute approximate surface area is 125 Å². The van der Waals surface area contributed by atoms with E-state index in [1.807, 2.05) is 0 Å². The van der Waals surface area contributed by atoms with E-state index in [9.17, 15) is 0 Å².